The highest BCUT2D eigenvalue weighted by Gasteiger charge is 2.50. The molecule has 3 heteroatoms. The standard InChI is InChI=1S/C22H37BrO2/c1-16(7-5-14-22(25)13-4-3-9-20(22)24)18-10-11-19-17(15-23)8-6-12-21(18,19)2/h15-16,18-20,24-25H,3-14H2,1-2H3/b17-15+/t16-,18-,19?,20?,21-,22-/m1/s1. The topological polar surface area (TPSA) is 40.5 Å². The van der Waals surface area contributed by atoms with E-state index in [1.807, 2.05) is 0 Å². The summed E-state index contributed by atoms with van der Waals surface area (Å²) in [6.07, 6.45) is 12.9. The molecular formula is C22H37BrO2. The van der Waals surface area contributed by atoms with Gasteiger partial charge in [-0.3, -0.25) is 0 Å². The first-order valence-corrected chi connectivity index (χ1v) is 11.5. The first kappa shape index (κ1) is 19.9. The van der Waals surface area contributed by atoms with Crippen LogP contribution in [0.5, 0.6) is 0 Å². The van der Waals surface area contributed by atoms with Crippen molar-refractivity contribution in [2.24, 2.45) is 23.2 Å². The van der Waals surface area contributed by atoms with E-state index in [4.69, 9.17) is 0 Å². The number of aliphatic hydroxyl groups is 2. The first-order valence-electron chi connectivity index (χ1n) is 10.6. The van der Waals surface area contributed by atoms with Crippen molar-refractivity contribution in [2.45, 2.75) is 103 Å². The van der Waals surface area contributed by atoms with E-state index in [-0.39, 0.29) is 0 Å². The van der Waals surface area contributed by atoms with E-state index in [2.05, 4.69) is 34.8 Å². The molecule has 0 aromatic rings. The summed E-state index contributed by atoms with van der Waals surface area (Å²) < 4.78 is 0. The van der Waals surface area contributed by atoms with Crippen LogP contribution in [0.4, 0.5) is 0 Å². The van der Waals surface area contributed by atoms with Gasteiger partial charge in [-0.25, -0.2) is 0 Å². The van der Waals surface area contributed by atoms with Crippen LogP contribution in [0.15, 0.2) is 10.6 Å². The van der Waals surface area contributed by atoms with Crippen LogP contribution in [0.2, 0.25) is 0 Å². The number of halogens is 1. The van der Waals surface area contributed by atoms with Gasteiger partial charge >= 0.3 is 0 Å². The highest BCUT2D eigenvalue weighted by Crippen LogP contribution is 2.60. The molecule has 0 aromatic carbocycles. The van der Waals surface area contributed by atoms with Crippen molar-refractivity contribution in [1.82, 2.24) is 0 Å². The Morgan fingerprint density at radius 2 is 2.00 bits per heavy atom. The van der Waals surface area contributed by atoms with Crippen molar-refractivity contribution in [3.63, 3.8) is 0 Å². The molecule has 0 heterocycles. The van der Waals surface area contributed by atoms with Gasteiger partial charge in [0.2, 0.25) is 0 Å². The molecule has 0 aromatic heterocycles. The molecule has 0 radical (unpaired) electrons. The summed E-state index contributed by atoms with van der Waals surface area (Å²) in [6.45, 7) is 4.98. The SMILES string of the molecule is C[C@H](CCC[C@]1(O)CCCCC1O)[C@H]1CCC2/C(=C/Br)CCC[C@@]21C. The summed E-state index contributed by atoms with van der Waals surface area (Å²) >= 11 is 3.61. The molecule has 0 amide bonds. The third-order valence-electron chi connectivity index (χ3n) is 8.09. The van der Waals surface area contributed by atoms with E-state index in [1.54, 1.807) is 5.57 Å². The number of hydrogen-bond acceptors (Lipinski definition) is 2. The van der Waals surface area contributed by atoms with Crippen LogP contribution < -0.4 is 0 Å². The van der Waals surface area contributed by atoms with Crippen LogP contribution in [0.25, 0.3) is 0 Å². The van der Waals surface area contributed by atoms with Gasteiger partial charge in [0.25, 0.3) is 0 Å². The minimum Gasteiger partial charge on any atom is -0.390 e. The molecule has 0 aliphatic heterocycles. The predicted octanol–water partition coefficient (Wildman–Crippen LogP) is 5.95. The maximum absolute atomic E-state index is 10.8. The monoisotopic (exact) mass is 412 g/mol. The van der Waals surface area contributed by atoms with Crippen LogP contribution >= 0.6 is 15.9 Å². The Morgan fingerprint density at radius 1 is 1.20 bits per heavy atom. The molecule has 3 aliphatic carbocycles. The van der Waals surface area contributed by atoms with Crippen LogP contribution in [-0.2, 0) is 0 Å². The number of hydrogen-bond donors (Lipinski definition) is 2. The number of aliphatic hydroxyl groups excluding tert-OH is 1. The smallest absolute Gasteiger partial charge is 0.0905 e. The second-order valence-electron chi connectivity index (χ2n) is 9.51. The zero-order valence-corrected chi connectivity index (χ0v) is 17.7. The van der Waals surface area contributed by atoms with Crippen LogP contribution in [-0.4, -0.2) is 21.9 Å². The van der Waals surface area contributed by atoms with Crippen molar-refractivity contribution in [2.75, 3.05) is 0 Å². The van der Waals surface area contributed by atoms with Gasteiger partial charge in [0.1, 0.15) is 0 Å². The largest absolute Gasteiger partial charge is 0.390 e. The van der Waals surface area contributed by atoms with Crippen LogP contribution in [0, 0.1) is 23.2 Å². The summed E-state index contributed by atoms with van der Waals surface area (Å²) in [7, 11) is 0. The zero-order chi connectivity index (χ0) is 18.1. The van der Waals surface area contributed by atoms with Gasteiger partial charge in [-0.1, -0.05) is 61.0 Å². The second-order valence-corrected chi connectivity index (χ2v) is 9.97. The molecule has 2 nitrogen and oxygen atoms in total. The molecule has 6 atom stereocenters. The normalized spacial score (nSPS) is 44.7. The zero-order valence-electron chi connectivity index (χ0n) is 16.1. The van der Waals surface area contributed by atoms with Crippen molar-refractivity contribution in [1.29, 1.82) is 0 Å². The fourth-order valence-electron chi connectivity index (χ4n) is 6.57. The van der Waals surface area contributed by atoms with E-state index in [0.29, 0.717) is 11.3 Å². The van der Waals surface area contributed by atoms with Gasteiger partial charge in [-0.15, -0.1) is 0 Å². The van der Waals surface area contributed by atoms with Crippen molar-refractivity contribution < 1.29 is 10.2 Å². The predicted molar refractivity (Wildman–Crippen MR) is 108 cm³/mol. The van der Waals surface area contributed by atoms with Crippen molar-refractivity contribution >= 4 is 15.9 Å². The molecule has 3 saturated carbocycles. The lowest BCUT2D eigenvalue weighted by molar-refractivity contribution is -0.106. The Hall–Kier alpha value is 0.140. The molecule has 3 rings (SSSR count). The summed E-state index contributed by atoms with van der Waals surface area (Å²) in [5, 5.41) is 21.0. The summed E-state index contributed by atoms with van der Waals surface area (Å²) in [4.78, 5) is 2.21. The third kappa shape index (κ3) is 3.89. The Bertz CT molecular complexity index is 490. The lowest BCUT2D eigenvalue weighted by Crippen LogP contribution is -2.44. The highest BCUT2D eigenvalue weighted by molar-refractivity contribution is 9.11. The Labute approximate surface area is 162 Å². The molecule has 0 bridgehead atoms. The fraction of sp³-hybridized carbons (Fsp3) is 0.909. The Balaban J connectivity index is 1.56. The van der Waals surface area contributed by atoms with E-state index in [1.165, 1.54) is 38.5 Å². The number of allylic oxidation sites excluding steroid dienone is 1. The lowest BCUT2D eigenvalue weighted by Gasteiger charge is -2.44. The molecule has 0 saturated heterocycles. The van der Waals surface area contributed by atoms with E-state index >= 15 is 0 Å². The molecule has 2 N–H and O–H groups in total. The molecular weight excluding hydrogens is 376 g/mol. The van der Waals surface area contributed by atoms with Gasteiger partial charge in [-0.05, 0) is 79.5 Å². The lowest BCUT2D eigenvalue weighted by atomic mass is 9.61. The summed E-state index contributed by atoms with van der Waals surface area (Å²) in [6, 6.07) is 0. The maximum Gasteiger partial charge on any atom is 0.0905 e. The molecule has 2 unspecified atom stereocenters. The average Bonchev–Trinajstić information content (AvgIpc) is 2.94. The molecule has 25 heavy (non-hydrogen) atoms. The quantitative estimate of drug-likeness (QED) is 0.584. The Kier molecular flexibility index (Phi) is 6.38. The summed E-state index contributed by atoms with van der Waals surface area (Å²) in [5.74, 6) is 2.30. The first-order chi connectivity index (χ1) is 11.9. The second kappa shape index (κ2) is 8.02. The molecule has 144 valence electrons. The van der Waals surface area contributed by atoms with Gasteiger partial charge in [0.05, 0.1) is 11.7 Å². The highest BCUT2D eigenvalue weighted by atomic mass is 79.9. The fourth-order valence-corrected chi connectivity index (χ4v) is 7.12. The summed E-state index contributed by atoms with van der Waals surface area (Å²) in [5.41, 5.74) is 1.30. The van der Waals surface area contributed by atoms with Gasteiger partial charge in [0, 0.05) is 0 Å². The van der Waals surface area contributed by atoms with E-state index in [9.17, 15) is 10.2 Å². The minimum absolute atomic E-state index is 0.471. The van der Waals surface area contributed by atoms with Gasteiger partial charge < -0.3 is 10.2 Å². The molecule has 3 fully saturated rings. The minimum atomic E-state index is -0.809. The Morgan fingerprint density at radius 3 is 2.72 bits per heavy atom. The third-order valence-corrected chi connectivity index (χ3v) is 8.68. The maximum atomic E-state index is 10.8. The van der Waals surface area contributed by atoms with E-state index in [0.717, 1.165) is 50.4 Å². The molecule has 3 aliphatic rings. The van der Waals surface area contributed by atoms with Gasteiger partial charge in [0.15, 0.2) is 0 Å². The van der Waals surface area contributed by atoms with Crippen molar-refractivity contribution in [3.8, 4) is 0 Å². The number of rotatable bonds is 5. The van der Waals surface area contributed by atoms with Crippen molar-refractivity contribution in [3.05, 3.63) is 10.6 Å². The number of fused-ring (bicyclic) bond motifs is 1. The average molecular weight is 413 g/mol. The van der Waals surface area contributed by atoms with Gasteiger partial charge in [-0.2, -0.15) is 0 Å². The van der Waals surface area contributed by atoms with Crippen LogP contribution in [0.1, 0.15) is 90.9 Å². The van der Waals surface area contributed by atoms with E-state index < -0.39 is 11.7 Å². The van der Waals surface area contributed by atoms with Crippen LogP contribution in [0.3, 0.4) is 0 Å². The molecule has 0 spiro atoms.